The third kappa shape index (κ3) is 2.83. The van der Waals surface area contributed by atoms with Crippen molar-refractivity contribution < 1.29 is 4.79 Å². The molecule has 78 valence electrons. The highest BCUT2D eigenvalue weighted by Crippen LogP contribution is 2.11. The zero-order valence-electron chi connectivity index (χ0n) is 8.79. The smallest absolute Gasteiger partial charge is 0.273 e. The fraction of sp³-hybridized carbons (Fsp3) is 0.667. The minimum Gasteiger partial charge on any atom is -0.346 e. The quantitative estimate of drug-likeness (QED) is 0.757. The molecule has 0 radical (unpaired) electrons. The van der Waals surface area contributed by atoms with E-state index in [1.807, 2.05) is 13.8 Å². The molecule has 0 spiro atoms. The molecule has 0 aromatic carbocycles. The normalized spacial score (nSPS) is 11.4. The first kappa shape index (κ1) is 10.7. The van der Waals surface area contributed by atoms with E-state index < -0.39 is 0 Å². The summed E-state index contributed by atoms with van der Waals surface area (Å²) in [5.41, 5.74) is 0.138. The molecule has 1 aromatic heterocycles. The van der Waals surface area contributed by atoms with Crippen LogP contribution in [0, 0.1) is 0 Å². The Kier molecular flexibility index (Phi) is 3.22. The summed E-state index contributed by atoms with van der Waals surface area (Å²) in [7, 11) is 0. The first-order chi connectivity index (χ1) is 6.55. The number of nitrogens with one attached hydrogen (secondary N) is 2. The van der Waals surface area contributed by atoms with Gasteiger partial charge in [0.25, 0.3) is 5.91 Å². The number of amides is 1. The fourth-order valence-electron chi connectivity index (χ4n) is 1.37. The van der Waals surface area contributed by atoms with E-state index in [0.29, 0.717) is 5.69 Å². The summed E-state index contributed by atoms with van der Waals surface area (Å²) in [5.74, 6) is -0.183. The van der Waals surface area contributed by atoms with E-state index in [9.17, 15) is 4.79 Å². The van der Waals surface area contributed by atoms with Crippen LogP contribution in [-0.2, 0) is 0 Å². The van der Waals surface area contributed by atoms with Crippen LogP contribution in [0.25, 0.3) is 0 Å². The monoisotopic (exact) mass is 196 g/mol. The highest BCUT2D eigenvalue weighted by Gasteiger charge is 2.20. The highest BCUT2D eigenvalue weighted by molar-refractivity contribution is 5.92. The summed E-state index contributed by atoms with van der Waals surface area (Å²) in [4.78, 5) is 11.6. The van der Waals surface area contributed by atoms with Gasteiger partial charge in [-0.15, -0.1) is 0 Å². The van der Waals surface area contributed by atoms with Gasteiger partial charge in [-0.05, 0) is 20.3 Å². The zero-order valence-corrected chi connectivity index (χ0v) is 8.79. The zero-order chi connectivity index (χ0) is 10.6. The van der Waals surface area contributed by atoms with Crippen molar-refractivity contribution in [2.45, 2.75) is 39.2 Å². The Bertz CT molecular complexity index is 292. The van der Waals surface area contributed by atoms with Crippen LogP contribution in [-0.4, -0.2) is 26.9 Å². The number of nitrogens with zero attached hydrogens (tertiary/aromatic N) is 2. The summed E-state index contributed by atoms with van der Waals surface area (Å²) in [5, 5.41) is 12.6. The maximum Gasteiger partial charge on any atom is 0.273 e. The number of hydrogen-bond acceptors (Lipinski definition) is 3. The molecule has 1 aromatic rings. The van der Waals surface area contributed by atoms with Crippen LogP contribution in [0.2, 0.25) is 0 Å². The maximum atomic E-state index is 11.6. The standard InChI is InChI=1S/C9H16N4O/c1-4-5-9(2,3)11-8(14)7-6-10-13-12-7/h6H,4-5H2,1-3H3,(H,11,14)(H,10,12,13). The molecule has 1 amide bonds. The van der Waals surface area contributed by atoms with Gasteiger partial charge in [0.1, 0.15) is 0 Å². The van der Waals surface area contributed by atoms with Gasteiger partial charge in [0.05, 0.1) is 6.20 Å². The van der Waals surface area contributed by atoms with Crippen LogP contribution in [0.15, 0.2) is 6.20 Å². The summed E-state index contributed by atoms with van der Waals surface area (Å²) >= 11 is 0. The van der Waals surface area contributed by atoms with Gasteiger partial charge in [0.15, 0.2) is 5.69 Å². The molecule has 14 heavy (non-hydrogen) atoms. The van der Waals surface area contributed by atoms with Crippen molar-refractivity contribution >= 4 is 5.91 Å². The number of H-pyrrole nitrogens is 1. The van der Waals surface area contributed by atoms with E-state index in [1.54, 1.807) is 0 Å². The van der Waals surface area contributed by atoms with Gasteiger partial charge in [-0.1, -0.05) is 13.3 Å². The van der Waals surface area contributed by atoms with Gasteiger partial charge in [-0.2, -0.15) is 15.4 Å². The van der Waals surface area contributed by atoms with Gasteiger partial charge < -0.3 is 5.32 Å². The second-order valence-corrected chi connectivity index (χ2v) is 3.94. The Labute approximate surface area is 83.3 Å². The van der Waals surface area contributed by atoms with Gasteiger partial charge in [-0.25, -0.2) is 0 Å². The van der Waals surface area contributed by atoms with Crippen LogP contribution >= 0.6 is 0 Å². The fourth-order valence-corrected chi connectivity index (χ4v) is 1.37. The van der Waals surface area contributed by atoms with Crippen molar-refractivity contribution in [1.82, 2.24) is 20.7 Å². The van der Waals surface area contributed by atoms with E-state index in [2.05, 4.69) is 27.7 Å². The molecule has 0 unspecified atom stereocenters. The Morgan fingerprint density at radius 2 is 2.36 bits per heavy atom. The minimum atomic E-state index is -0.190. The van der Waals surface area contributed by atoms with E-state index in [1.165, 1.54) is 6.20 Å². The topological polar surface area (TPSA) is 70.7 Å². The van der Waals surface area contributed by atoms with Crippen molar-refractivity contribution in [3.63, 3.8) is 0 Å². The Morgan fingerprint density at radius 1 is 1.64 bits per heavy atom. The van der Waals surface area contributed by atoms with Gasteiger partial charge in [0, 0.05) is 5.54 Å². The third-order valence-corrected chi connectivity index (χ3v) is 1.97. The molecule has 0 saturated heterocycles. The van der Waals surface area contributed by atoms with E-state index in [4.69, 9.17) is 0 Å². The molecule has 1 heterocycles. The largest absolute Gasteiger partial charge is 0.346 e. The highest BCUT2D eigenvalue weighted by atomic mass is 16.2. The lowest BCUT2D eigenvalue weighted by atomic mass is 9.99. The van der Waals surface area contributed by atoms with Crippen molar-refractivity contribution in [3.8, 4) is 0 Å². The van der Waals surface area contributed by atoms with E-state index in [-0.39, 0.29) is 11.4 Å². The molecule has 5 heteroatoms. The summed E-state index contributed by atoms with van der Waals surface area (Å²) in [6.45, 7) is 6.08. The number of carbonyl (C=O) groups is 1. The van der Waals surface area contributed by atoms with Gasteiger partial charge in [-0.3, -0.25) is 4.79 Å². The lowest BCUT2D eigenvalue weighted by molar-refractivity contribution is 0.0904. The number of aromatic amines is 1. The molecule has 0 fully saturated rings. The van der Waals surface area contributed by atoms with Gasteiger partial charge in [0.2, 0.25) is 0 Å². The lowest BCUT2D eigenvalue weighted by Crippen LogP contribution is -2.43. The molecule has 2 N–H and O–H groups in total. The lowest BCUT2D eigenvalue weighted by Gasteiger charge is -2.24. The van der Waals surface area contributed by atoms with Crippen LogP contribution in [0.1, 0.15) is 44.1 Å². The predicted octanol–water partition coefficient (Wildman–Crippen LogP) is 1.11. The maximum absolute atomic E-state index is 11.6. The summed E-state index contributed by atoms with van der Waals surface area (Å²) < 4.78 is 0. The molecular formula is C9H16N4O. The van der Waals surface area contributed by atoms with Gasteiger partial charge >= 0.3 is 0 Å². The third-order valence-electron chi connectivity index (χ3n) is 1.97. The van der Waals surface area contributed by atoms with Crippen LogP contribution < -0.4 is 5.32 Å². The van der Waals surface area contributed by atoms with Crippen molar-refractivity contribution in [2.24, 2.45) is 0 Å². The molecule has 0 aliphatic carbocycles. The van der Waals surface area contributed by atoms with Crippen molar-refractivity contribution in [1.29, 1.82) is 0 Å². The van der Waals surface area contributed by atoms with Crippen LogP contribution in [0.3, 0.4) is 0 Å². The average Bonchev–Trinajstić information content (AvgIpc) is 2.53. The average molecular weight is 196 g/mol. The van der Waals surface area contributed by atoms with Crippen molar-refractivity contribution in [3.05, 3.63) is 11.9 Å². The number of hydrogen-bond donors (Lipinski definition) is 2. The second kappa shape index (κ2) is 4.21. The Balaban J connectivity index is 2.57. The van der Waals surface area contributed by atoms with Crippen LogP contribution in [0.4, 0.5) is 0 Å². The van der Waals surface area contributed by atoms with E-state index in [0.717, 1.165) is 12.8 Å². The molecule has 5 nitrogen and oxygen atoms in total. The summed E-state index contributed by atoms with van der Waals surface area (Å²) in [6, 6.07) is 0. The predicted molar refractivity (Wildman–Crippen MR) is 52.8 cm³/mol. The minimum absolute atomic E-state index is 0.183. The molecule has 0 aliphatic rings. The first-order valence-electron chi connectivity index (χ1n) is 4.73. The molecule has 0 atom stereocenters. The molecule has 0 aliphatic heterocycles. The van der Waals surface area contributed by atoms with E-state index >= 15 is 0 Å². The molecule has 0 bridgehead atoms. The molecule has 1 rings (SSSR count). The number of carbonyl (C=O) groups excluding carboxylic acids is 1. The number of rotatable bonds is 4. The number of aromatic nitrogens is 3. The Hall–Kier alpha value is -1.39. The first-order valence-corrected chi connectivity index (χ1v) is 4.73. The Morgan fingerprint density at radius 3 is 2.86 bits per heavy atom. The van der Waals surface area contributed by atoms with Crippen LogP contribution in [0.5, 0.6) is 0 Å². The second-order valence-electron chi connectivity index (χ2n) is 3.94. The molecule has 0 saturated carbocycles. The SMILES string of the molecule is CCCC(C)(C)NC(=O)c1cn[nH]n1. The summed E-state index contributed by atoms with van der Waals surface area (Å²) in [6.07, 6.45) is 3.39. The van der Waals surface area contributed by atoms with Crippen molar-refractivity contribution in [2.75, 3.05) is 0 Å². The molecular weight excluding hydrogens is 180 g/mol.